The van der Waals surface area contributed by atoms with Gasteiger partial charge in [0.2, 0.25) is 0 Å². The molecule has 6 N–H and O–H groups in total. The number of nitrogens with zero attached hydrogens (tertiary/aromatic N) is 1. The number of carbonyl (C=O) groups excluding carboxylic acids is 3. The highest BCUT2D eigenvalue weighted by Crippen LogP contribution is 2.40. The predicted molar refractivity (Wildman–Crippen MR) is 177 cm³/mol. The second-order valence-electron chi connectivity index (χ2n) is 12.4. The highest BCUT2D eigenvalue weighted by molar-refractivity contribution is 5.90. The Hall–Kier alpha value is -5.83. The number of carbonyl (C=O) groups is 3. The van der Waals surface area contributed by atoms with Crippen molar-refractivity contribution >= 4 is 35.2 Å². The van der Waals surface area contributed by atoms with E-state index in [1.165, 1.54) is 4.90 Å². The molecule has 0 bridgehead atoms. The molecule has 3 rings (SSSR count). The zero-order chi connectivity index (χ0) is 46.4. The van der Waals surface area contributed by atoms with Gasteiger partial charge in [-0.15, -0.1) is 0 Å². The normalized spacial score (nSPS) is 12.8. The summed E-state index contributed by atoms with van der Waals surface area (Å²) in [6, 6.07) is -3.48. The second-order valence-corrected chi connectivity index (χ2v) is 12.4. The Morgan fingerprint density at radius 3 is 0.689 bits per heavy atom. The van der Waals surface area contributed by atoms with Crippen molar-refractivity contribution in [3.8, 4) is 0 Å². The van der Waals surface area contributed by atoms with E-state index in [-0.39, 0.29) is 74.2 Å². The number of amides is 6. The molecule has 0 saturated heterocycles. The van der Waals surface area contributed by atoms with E-state index in [1.807, 2.05) is 0 Å². The highest BCUT2D eigenvalue weighted by Gasteiger charge is 2.39. The van der Waals surface area contributed by atoms with Crippen LogP contribution in [0, 0.1) is 0 Å². The molecule has 61 heavy (non-hydrogen) atoms. The van der Waals surface area contributed by atoms with Gasteiger partial charge in [-0.25, -0.2) is 14.4 Å². The van der Waals surface area contributed by atoms with Crippen LogP contribution in [0.2, 0.25) is 0 Å². The largest absolute Gasteiger partial charge is 0.416 e. The number of hydrogen-bond acceptors (Lipinski definition) is 4. The lowest BCUT2D eigenvalue weighted by Gasteiger charge is -2.23. The Balaban J connectivity index is 1.71. The third-order valence-electron chi connectivity index (χ3n) is 7.68. The molecule has 0 radical (unpaired) electrons. The molecular formula is C33H27F18N7O3. The second kappa shape index (κ2) is 18.8. The van der Waals surface area contributed by atoms with E-state index in [0.717, 1.165) is 0 Å². The van der Waals surface area contributed by atoms with Crippen LogP contribution in [0.25, 0.3) is 0 Å². The van der Waals surface area contributed by atoms with E-state index in [4.69, 9.17) is 0 Å². The van der Waals surface area contributed by atoms with Crippen LogP contribution in [0.15, 0.2) is 54.6 Å². The van der Waals surface area contributed by atoms with Crippen molar-refractivity contribution in [1.29, 1.82) is 0 Å². The number of benzene rings is 3. The van der Waals surface area contributed by atoms with E-state index in [9.17, 15) is 93.4 Å². The summed E-state index contributed by atoms with van der Waals surface area (Å²) in [5.41, 5.74) is -13.4. The first-order valence-electron chi connectivity index (χ1n) is 16.5. The van der Waals surface area contributed by atoms with Crippen LogP contribution in [0.3, 0.4) is 0 Å². The Morgan fingerprint density at radius 1 is 0.344 bits per heavy atom. The molecule has 0 saturated carbocycles. The van der Waals surface area contributed by atoms with Gasteiger partial charge in [0.1, 0.15) is 0 Å². The maximum Gasteiger partial charge on any atom is 0.416 e. The van der Waals surface area contributed by atoms with Gasteiger partial charge in [-0.2, -0.15) is 79.0 Å². The van der Waals surface area contributed by atoms with Crippen LogP contribution in [0.5, 0.6) is 0 Å². The van der Waals surface area contributed by atoms with Crippen molar-refractivity contribution in [3.63, 3.8) is 0 Å². The lowest BCUT2D eigenvalue weighted by atomic mass is 10.1. The van der Waals surface area contributed by atoms with Gasteiger partial charge >= 0.3 is 55.2 Å². The van der Waals surface area contributed by atoms with E-state index in [2.05, 4.69) is 16.0 Å². The highest BCUT2D eigenvalue weighted by atomic mass is 19.4. The Morgan fingerprint density at radius 2 is 0.525 bits per heavy atom. The lowest BCUT2D eigenvalue weighted by molar-refractivity contribution is -0.144. The van der Waals surface area contributed by atoms with Gasteiger partial charge in [0.15, 0.2) is 0 Å². The van der Waals surface area contributed by atoms with Gasteiger partial charge in [0, 0.05) is 56.3 Å². The molecule has 0 aliphatic heterocycles. The number of halogens is 18. The molecule has 0 atom stereocenters. The van der Waals surface area contributed by atoms with Gasteiger partial charge in [0.25, 0.3) is 0 Å². The summed E-state index contributed by atoms with van der Waals surface area (Å²) in [4.78, 5) is 38.4. The maximum absolute atomic E-state index is 13.2. The fourth-order valence-corrected chi connectivity index (χ4v) is 4.93. The molecule has 3 aromatic rings. The average Bonchev–Trinajstić information content (AvgIpc) is 3.08. The lowest BCUT2D eigenvalue weighted by Crippen LogP contribution is -2.44. The molecule has 0 aromatic heterocycles. The van der Waals surface area contributed by atoms with Gasteiger partial charge in [-0.3, -0.25) is 4.90 Å². The van der Waals surface area contributed by atoms with Crippen molar-refractivity contribution in [1.82, 2.24) is 20.9 Å². The molecule has 0 aliphatic rings. The Kier molecular flexibility index (Phi) is 15.3. The van der Waals surface area contributed by atoms with Crippen molar-refractivity contribution in [2.45, 2.75) is 37.1 Å². The third kappa shape index (κ3) is 15.9. The maximum atomic E-state index is 13.2. The number of hydrogen-bond donors (Lipinski definition) is 6. The van der Waals surface area contributed by atoms with Crippen molar-refractivity contribution in [2.24, 2.45) is 0 Å². The summed E-state index contributed by atoms with van der Waals surface area (Å²) >= 11 is 0. The monoisotopic (exact) mass is 911 g/mol. The van der Waals surface area contributed by atoms with Crippen molar-refractivity contribution in [2.75, 3.05) is 55.2 Å². The van der Waals surface area contributed by atoms with E-state index in [1.54, 1.807) is 16.0 Å². The van der Waals surface area contributed by atoms with Gasteiger partial charge in [0.05, 0.1) is 33.4 Å². The summed E-state index contributed by atoms with van der Waals surface area (Å²) < 4.78 is 238. The zero-order valence-corrected chi connectivity index (χ0v) is 29.9. The summed E-state index contributed by atoms with van der Waals surface area (Å²) in [7, 11) is 0. The summed E-state index contributed by atoms with van der Waals surface area (Å²) in [5, 5.41) is 11.6. The minimum Gasteiger partial charge on any atom is -0.337 e. The van der Waals surface area contributed by atoms with Crippen LogP contribution in [-0.4, -0.2) is 62.3 Å². The Labute approximate surface area is 330 Å². The van der Waals surface area contributed by atoms with E-state index >= 15 is 0 Å². The smallest absolute Gasteiger partial charge is 0.337 e. The molecule has 338 valence electrons. The summed E-state index contributed by atoms with van der Waals surface area (Å²) in [6.45, 7) is -2.61. The van der Waals surface area contributed by atoms with Crippen LogP contribution in [0.1, 0.15) is 33.4 Å². The SMILES string of the molecule is O=C(NCCN(CCNC(=O)Nc1cc(C(F)(F)F)cc(C(F)(F)F)c1)CCNC(=O)Nc1cc(C(F)(F)F)cc(C(F)(F)F)c1)Nc1cc(C(F)(F)F)cc(C(F)(F)F)c1. The first kappa shape index (κ1) is 49.5. The molecule has 10 nitrogen and oxygen atoms in total. The van der Waals surface area contributed by atoms with Crippen molar-refractivity contribution in [3.05, 3.63) is 88.0 Å². The Bertz CT molecular complexity index is 1700. The number of rotatable bonds is 12. The number of anilines is 3. The molecule has 0 fully saturated rings. The molecule has 3 aromatic carbocycles. The molecule has 0 heterocycles. The molecule has 0 spiro atoms. The van der Waals surface area contributed by atoms with E-state index < -0.39 is 125 Å². The van der Waals surface area contributed by atoms with Gasteiger partial charge < -0.3 is 31.9 Å². The third-order valence-corrected chi connectivity index (χ3v) is 7.68. The molecule has 28 heteroatoms. The number of nitrogens with one attached hydrogen (secondary N) is 6. The first-order valence-corrected chi connectivity index (χ1v) is 16.5. The van der Waals surface area contributed by atoms with Crippen LogP contribution < -0.4 is 31.9 Å². The van der Waals surface area contributed by atoms with Crippen LogP contribution in [0.4, 0.5) is 110 Å². The molecular weight excluding hydrogens is 884 g/mol. The quantitative estimate of drug-likeness (QED) is 0.101. The molecule has 0 unspecified atom stereocenters. The molecule has 6 amide bonds. The van der Waals surface area contributed by atoms with E-state index in [0.29, 0.717) is 0 Å². The minimum atomic E-state index is -5.26. The topological polar surface area (TPSA) is 127 Å². The predicted octanol–water partition coefficient (Wildman–Crippen LogP) is 9.87. The fraction of sp³-hybridized carbons (Fsp3) is 0.364. The fourth-order valence-electron chi connectivity index (χ4n) is 4.93. The summed E-state index contributed by atoms with van der Waals surface area (Å²) in [5.74, 6) is 0. The van der Waals surface area contributed by atoms with Crippen molar-refractivity contribution < 1.29 is 93.4 Å². The van der Waals surface area contributed by atoms with Gasteiger partial charge in [-0.05, 0) is 54.6 Å². The minimum absolute atomic E-state index is 0.196. The van der Waals surface area contributed by atoms with Crippen LogP contribution in [-0.2, 0) is 37.1 Å². The molecule has 0 aliphatic carbocycles. The number of alkyl halides is 18. The zero-order valence-electron chi connectivity index (χ0n) is 29.9. The van der Waals surface area contributed by atoms with Crippen LogP contribution >= 0.6 is 0 Å². The summed E-state index contributed by atoms with van der Waals surface area (Å²) in [6.07, 6.45) is -31.6. The van der Waals surface area contributed by atoms with Gasteiger partial charge in [-0.1, -0.05) is 0 Å². The standard InChI is InChI=1S/C33H27F18N7O3/c34-28(35,36)16-7-17(29(37,38)39)11-22(10-16)55-25(59)52-1-4-58(5-2-53-26(60)56-23-12-18(30(40,41)42)8-19(13-23)31(43,44)45)6-3-54-27(61)57-24-14-20(32(46,47)48)9-21(15-24)33(49,50)51/h7-15H,1-6H2,(H2,52,55,59)(H2,53,56,60)(H2,54,57,61). The average molecular weight is 912 g/mol. The first-order chi connectivity index (χ1) is 27.7. The number of urea groups is 3.